The van der Waals surface area contributed by atoms with Gasteiger partial charge in [0.1, 0.15) is 6.61 Å². The summed E-state index contributed by atoms with van der Waals surface area (Å²) in [4.78, 5) is 28.2. The maximum Gasteiger partial charge on any atom is 0.410 e. The van der Waals surface area contributed by atoms with Crippen LogP contribution in [0.2, 0.25) is 0 Å². The number of Topliss-reactive ketones (excluding diaryl/α,β-unsaturated/α-hetero) is 1. The molecule has 13 nitrogen and oxygen atoms in total. The highest BCUT2D eigenvalue weighted by molar-refractivity contribution is 5.96. The van der Waals surface area contributed by atoms with E-state index < -0.39 is 0 Å². The van der Waals surface area contributed by atoms with Gasteiger partial charge in [-0.3, -0.25) is 9.89 Å². The number of fused-ring (bicyclic) bond motifs is 13. The summed E-state index contributed by atoms with van der Waals surface area (Å²) >= 11 is 0. The van der Waals surface area contributed by atoms with E-state index in [4.69, 9.17) is 19.4 Å². The smallest absolute Gasteiger partial charge is 0.410 e. The minimum absolute atomic E-state index is 0.0424. The second-order valence-corrected chi connectivity index (χ2v) is 28.9. The van der Waals surface area contributed by atoms with Crippen LogP contribution in [0.4, 0.5) is 4.79 Å². The van der Waals surface area contributed by atoms with E-state index in [0.29, 0.717) is 71.7 Å². The van der Waals surface area contributed by atoms with Crippen LogP contribution in [0.3, 0.4) is 0 Å². The van der Waals surface area contributed by atoms with Crippen LogP contribution in [0.25, 0.3) is 0 Å². The Hall–Kier alpha value is -3.85. The number of aliphatic hydroxyl groups excluding tert-OH is 1. The van der Waals surface area contributed by atoms with Crippen LogP contribution < -0.4 is 16.7 Å². The molecule has 5 heterocycles. The highest BCUT2D eigenvalue weighted by Gasteiger charge is 2.63. The van der Waals surface area contributed by atoms with Gasteiger partial charge < -0.3 is 34.7 Å². The Morgan fingerprint density at radius 1 is 0.810 bits per heavy atom. The van der Waals surface area contributed by atoms with Crippen molar-refractivity contribution in [3.05, 3.63) is 87.5 Å². The molecule has 0 radical (unpaired) electrons. The van der Waals surface area contributed by atoms with Gasteiger partial charge in [-0.25, -0.2) is 10.6 Å². The van der Waals surface area contributed by atoms with Crippen molar-refractivity contribution in [2.75, 3.05) is 13.1 Å². The van der Waals surface area contributed by atoms with Gasteiger partial charge in [-0.1, -0.05) is 94.2 Å². The van der Waals surface area contributed by atoms with Crippen molar-refractivity contribution in [2.45, 2.75) is 213 Å². The molecule has 0 unspecified atom stereocenters. The summed E-state index contributed by atoms with van der Waals surface area (Å²) < 4.78 is 20.1. The summed E-state index contributed by atoms with van der Waals surface area (Å²) in [6, 6.07) is 10.5. The Bertz CT molecular complexity index is 2700. The van der Waals surface area contributed by atoms with Gasteiger partial charge in [0.05, 0.1) is 41.9 Å². The van der Waals surface area contributed by atoms with Gasteiger partial charge in [0.2, 0.25) is 0 Å². The minimum atomic E-state index is -0.251. The summed E-state index contributed by atoms with van der Waals surface area (Å²) in [5.74, 6) is 11.8. The van der Waals surface area contributed by atoms with Crippen LogP contribution in [0.15, 0.2) is 70.7 Å². The predicted octanol–water partition coefficient (Wildman–Crippen LogP) is 12.1. The standard InChI is InChI=1S/C37H49NO5.C29H43N3O.H4N2O/c1-22-14-33-34(38(19-22)35(41)42-21-25-8-6-5-7-9-25)24(3)37(43-33)13-12-28-29-11-10-27-15-32(40)26(20-39)18-36(27,4)31(29)16-30(28)23(2)17-37;1-16-9-26-27(30-14-16)18(3)29(33-26)8-7-21-22-6-5-20-10-25-19(15-31-32-25)13-28(20,4)24(22)11-23(21)17(2)12-29;1-2-3/h5-9,20,22,24,27-29,31,33-34,39H,10-19,21H2,1-4H3;15-16,18,20-22,24,26-27,30H,5-14H2,1-4H3,(H,31,32);2-3H,1H2/b26-20-;;/t22-,24+,27+,28-,29-,31-,33+,34-,36-,37-;16-,18+,20-,21-,22-,24-,26+,27-,28-,29-;/m00./s1. The molecule has 1 aromatic carbocycles. The number of carbonyl (C=O) groups is 2. The molecule has 12 aliphatic rings. The number of H-pyrrole nitrogens is 1. The first kappa shape index (κ1) is 55.7. The normalized spacial score (nSPS) is 45.0. The average Bonchev–Trinajstić information content (AvgIpc) is 3.79. The van der Waals surface area contributed by atoms with Crippen LogP contribution in [0.1, 0.15) is 175 Å². The largest absolute Gasteiger partial charge is 0.515 e. The molecule has 4 aliphatic heterocycles. The third-order valence-corrected chi connectivity index (χ3v) is 25.0. The molecule has 2 spiro atoms. The fourth-order valence-electron chi connectivity index (χ4n) is 21.0. The summed E-state index contributed by atoms with van der Waals surface area (Å²) in [6.07, 6.45) is 24.0. The molecular formula is C66H96N6O7. The maximum atomic E-state index is 13.5. The highest BCUT2D eigenvalue weighted by atomic mass is 16.6. The first-order valence-corrected chi connectivity index (χ1v) is 31.3. The number of nitrogens with one attached hydrogen (secondary N) is 3. The molecule has 8 aliphatic carbocycles. The number of hydrazine groups is 1. The van der Waals surface area contributed by atoms with E-state index in [9.17, 15) is 14.7 Å². The van der Waals surface area contributed by atoms with E-state index in [-0.39, 0.29) is 46.6 Å². The number of amides is 1. The number of nitrogens with two attached hydrogens (primary N) is 1. The zero-order valence-corrected chi connectivity index (χ0v) is 49.0. The first-order valence-electron chi connectivity index (χ1n) is 31.3. The number of aromatic nitrogens is 2. The van der Waals surface area contributed by atoms with Gasteiger partial charge in [0, 0.05) is 42.1 Å². The third-order valence-electron chi connectivity index (χ3n) is 25.0. The van der Waals surface area contributed by atoms with E-state index in [2.05, 4.69) is 82.9 Å². The fourth-order valence-corrected chi connectivity index (χ4v) is 21.0. The minimum Gasteiger partial charge on any atom is -0.515 e. The Morgan fingerprint density at radius 3 is 2.05 bits per heavy atom. The number of piperidine rings is 2. The van der Waals surface area contributed by atoms with Crippen molar-refractivity contribution >= 4 is 11.9 Å². The molecule has 4 saturated heterocycles. The number of ether oxygens (including phenoxy) is 3. The Morgan fingerprint density at radius 2 is 1.41 bits per heavy atom. The third kappa shape index (κ3) is 9.45. The fraction of sp³-hybridized carbons (Fsp3) is 0.742. The number of hydrogen-bond donors (Lipinski definition) is 6. The Kier molecular flexibility index (Phi) is 15.1. The van der Waals surface area contributed by atoms with Gasteiger partial charge >= 0.3 is 6.09 Å². The van der Waals surface area contributed by atoms with E-state index in [0.717, 1.165) is 99.5 Å². The van der Waals surface area contributed by atoms with Gasteiger partial charge in [0.15, 0.2) is 5.78 Å². The van der Waals surface area contributed by atoms with Gasteiger partial charge in [-0.2, -0.15) is 5.10 Å². The lowest BCUT2D eigenvalue weighted by molar-refractivity contribution is -0.124. The number of rotatable bonds is 2. The zero-order valence-electron chi connectivity index (χ0n) is 49.0. The number of likely N-dealkylation sites (tertiary alicyclic amines) is 1. The molecule has 1 amide bonds. The average molecular weight is 1090 g/mol. The summed E-state index contributed by atoms with van der Waals surface area (Å²) in [6.45, 7) is 21.5. The molecule has 7 N–H and O–H groups in total. The second kappa shape index (κ2) is 21.4. The number of nitrogens with zero attached hydrogens (tertiary/aromatic N) is 2. The van der Waals surface area contributed by atoms with Crippen molar-refractivity contribution in [1.82, 2.24) is 26.0 Å². The predicted molar refractivity (Wildman–Crippen MR) is 305 cm³/mol. The lowest BCUT2D eigenvalue weighted by atomic mass is 9.51. The van der Waals surface area contributed by atoms with E-state index in [1.54, 1.807) is 11.1 Å². The maximum absolute atomic E-state index is 13.5. The van der Waals surface area contributed by atoms with Crippen molar-refractivity contribution in [1.29, 1.82) is 0 Å². The van der Waals surface area contributed by atoms with E-state index >= 15 is 0 Å². The molecule has 14 rings (SSSR count). The Balaban J connectivity index is 0.000000155. The molecule has 13 heteroatoms. The van der Waals surface area contributed by atoms with Crippen LogP contribution in [-0.4, -0.2) is 85.9 Å². The molecule has 0 bridgehead atoms. The zero-order chi connectivity index (χ0) is 55.3. The second-order valence-electron chi connectivity index (χ2n) is 28.9. The lowest BCUT2D eigenvalue weighted by Crippen LogP contribution is -2.54. The molecule has 1 aromatic heterocycles. The van der Waals surface area contributed by atoms with Crippen LogP contribution >= 0.6 is 0 Å². The van der Waals surface area contributed by atoms with Crippen LogP contribution in [0, 0.1) is 81.8 Å². The van der Waals surface area contributed by atoms with E-state index in [1.807, 2.05) is 40.8 Å². The SMILES string of the molecule is CC1=C2C[C@H]3[C@@H](CC[C@@H]4CC(=O)/C(=C\O)C[C@@]43C)[C@@H]2CC[C@@]2(C1)O[C@@H]1C[C@H](C)CN(C(=O)OCc3ccccc3)[C@H]1[C@H]2C.CC1=C2C[C@H]3[C@@H](CC[C@H]4Cc5[nH]ncc5C[C@@]43C)[C@@H]2CC[C@@]2(C1)O[C@@H]1C[C@H](C)CN[C@H]1[C@H]2C.NNO. The topological polar surface area (TPSA) is 184 Å². The van der Waals surface area contributed by atoms with Crippen molar-refractivity contribution in [2.24, 2.45) is 87.7 Å². The molecule has 79 heavy (non-hydrogen) atoms. The summed E-state index contributed by atoms with van der Waals surface area (Å²) in [5.41, 5.74) is 12.9. The van der Waals surface area contributed by atoms with Crippen molar-refractivity contribution in [3.8, 4) is 0 Å². The number of ketones is 1. The quantitative estimate of drug-likeness (QED) is 0.0553. The van der Waals surface area contributed by atoms with Gasteiger partial charge in [-0.05, 0) is 211 Å². The van der Waals surface area contributed by atoms with Crippen molar-refractivity contribution < 1.29 is 34.1 Å². The number of aliphatic hydroxyl groups is 1. The Labute approximate surface area is 471 Å². The molecular weight excluding hydrogens is 989 g/mol. The molecule has 20 atom stereocenters. The number of aromatic amines is 1. The number of benzene rings is 1. The van der Waals surface area contributed by atoms with Gasteiger partial charge in [0.25, 0.3) is 0 Å². The molecule has 5 saturated carbocycles. The number of allylic oxidation sites excluding steroid dienone is 3. The number of hydrogen-bond acceptors (Lipinski definition) is 11. The first-order chi connectivity index (χ1) is 37.9. The van der Waals surface area contributed by atoms with Crippen molar-refractivity contribution in [3.63, 3.8) is 0 Å². The lowest BCUT2D eigenvalue weighted by Gasteiger charge is -2.52. The van der Waals surface area contributed by atoms with Crippen LogP contribution in [-0.2, 0) is 38.5 Å². The van der Waals surface area contributed by atoms with Gasteiger partial charge in [-0.15, -0.1) is 5.59 Å². The van der Waals surface area contributed by atoms with Crippen LogP contribution in [0.5, 0.6) is 0 Å². The number of carbonyl (C=O) groups excluding carboxylic acids is 2. The molecule has 2 aromatic rings. The summed E-state index contributed by atoms with van der Waals surface area (Å²) in [5, 5.41) is 28.5. The highest BCUT2D eigenvalue weighted by Crippen LogP contribution is 2.67. The molecule has 432 valence electrons. The van der Waals surface area contributed by atoms with E-state index in [1.165, 1.54) is 86.6 Å². The summed E-state index contributed by atoms with van der Waals surface area (Å²) in [7, 11) is 0. The monoisotopic (exact) mass is 1080 g/mol. The molecule has 9 fully saturated rings.